The number of hydrogen-bond acceptors (Lipinski definition) is 5. The highest BCUT2D eigenvalue weighted by atomic mass is 16.4. The lowest BCUT2D eigenvalue weighted by Crippen LogP contribution is -2.34. The summed E-state index contributed by atoms with van der Waals surface area (Å²) >= 11 is 0. The monoisotopic (exact) mass is 265 g/mol. The summed E-state index contributed by atoms with van der Waals surface area (Å²) in [6.07, 6.45) is 1.29. The van der Waals surface area contributed by atoms with Crippen LogP contribution < -0.4 is 0 Å². The molecule has 0 bridgehead atoms. The number of carboxylic acid groups (broad SMARTS) is 1. The van der Waals surface area contributed by atoms with Crippen molar-refractivity contribution in [2.75, 3.05) is 13.1 Å². The van der Waals surface area contributed by atoms with Gasteiger partial charge in [0.15, 0.2) is 5.69 Å². The number of carbonyl (C=O) groups excluding carboxylic acids is 1. The SMILES string of the molecule is CCN(CC(C)C#N)C(=O)c1cn(CC(=O)O)nn1. The molecular formula is C11H15N5O3. The van der Waals surface area contributed by atoms with E-state index in [1.807, 2.05) is 0 Å². The second-order valence-corrected chi connectivity index (χ2v) is 4.07. The van der Waals surface area contributed by atoms with Crippen LogP contribution in [0.1, 0.15) is 24.3 Å². The van der Waals surface area contributed by atoms with E-state index in [4.69, 9.17) is 10.4 Å². The number of carboxylic acids is 1. The maximum absolute atomic E-state index is 12.1. The highest BCUT2D eigenvalue weighted by Gasteiger charge is 2.20. The molecule has 1 heterocycles. The van der Waals surface area contributed by atoms with Crippen LogP contribution in [0.4, 0.5) is 0 Å². The fourth-order valence-electron chi connectivity index (χ4n) is 1.50. The van der Waals surface area contributed by atoms with E-state index in [-0.39, 0.29) is 24.1 Å². The summed E-state index contributed by atoms with van der Waals surface area (Å²) < 4.78 is 1.08. The van der Waals surface area contributed by atoms with Crippen molar-refractivity contribution in [1.82, 2.24) is 19.9 Å². The molecule has 102 valence electrons. The molecule has 0 saturated carbocycles. The van der Waals surface area contributed by atoms with E-state index in [1.165, 1.54) is 11.1 Å². The topological polar surface area (TPSA) is 112 Å². The maximum atomic E-state index is 12.1. The lowest BCUT2D eigenvalue weighted by Gasteiger charge is -2.20. The molecule has 1 unspecified atom stereocenters. The van der Waals surface area contributed by atoms with Crippen molar-refractivity contribution >= 4 is 11.9 Å². The Morgan fingerprint density at radius 2 is 2.32 bits per heavy atom. The largest absolute Gasteiger partial charge is 0.480 e. The minimum absolute atomic E-state index is 0.0771. The number of rotatable bonds is 6. The van der Waals surface area contributed by atoms with Gasteiger partial charge in [0.1, 0.15) is 6.54 Å². The van der Waals surface area contributed by atoms with Crippen LogP contribution in [0, 0.1) is 17.2 Å². The molecule has 0 saturated heterocycles. The Morgan fingerprint density at radius 1 is 1.63 bits per heavy atom. The first-order valence-corrected chi connectivity index (χ1v) is 5.78. The predicted molar refractivity (Wildman–Crippen MR) is 64.0 cm³/mol. The zero-order valence-electron chi connectivity index (χ0n) is 10.8. The van der Waals surface area contributed by atoms with Crippen LogP contribution in [-0.2, 0) is 11.3 Å². The Kier molecular flexibility index (Phi) is 5.00. The predicted octanol–water partition coefficient (Wildman–Crippen LogP) is -0.0155. The van der Waals surface area contributed by atoms with Crippen LogP contribution in [0.15, 0.2) is 6.20 Å². The Hall–Kier alpha value is -2.43. The summed E-state index contributed by atoms with van der Waals surface area (Å²) in [6.45, 7) is 3.91. The van der Waals surface area contributed by atoms with Gasteiger partial charge in [-0.15, -0.1) is 5.10 Å². The van der Waals surface area contributed by atoms with E-state index < -0.39 is 5.97 Å². The molecule has 0 aliphatic heterocycles. The van der Waals surface area contributed by atoms with Crippen LogP contribution in [-0.4, -0.2) is 50.0 Å². The second-order valence-electron chi connectivity index (χ2n) is 4.07. The van der Waals surface area contributed by atoms with Gasteiger partial charge in [-0.2, -0.15) is 5.26 Å². The molecule has 1 atom stereocenters. The van der Waals surface area contributed by atoms with Gasteiger partial charge in [0.25, 0.3) is 5.91 Å². The summed E-state index contributed by atoms with van der Waals surface area (Å²) in [5.41, 5.74) is 0.0771. The molecule has 1 rings (SSSR count). The number of hydrogen-bond donors (Lipinski definition) is 1. The van der Waals surface area contributed by atoms with Gasteiger partial charge in [-0.3, -0.25) is 9.59 Å². The molecule has 8 nitrogen and oxygen atoms in total. The van der Waals surface area contributed by atoms with Crippen LogP contribution in [0.3, 0.4) is 0 Å². The van der Waals surface area contributed by atoms with Crippen molar-refractivity contribution in [3.05, 3.63) is 11.9 Å². The molecule has 0 radical (unpaired) electrons. The molecular weight excluding hydrogens is 250 g/mol. The van der Waals surface area contributed by atoms with Gasteiger partial charge in [0.2, 0.25) is 0 Å². The quantitative estimate of drug-likeness (QED) is 0.773. The molecule has 1 N–H and O–H groups in total. The van der Waals surface area contributed by atoms with Crippen molar-refractivity contribution < 1.29 is 14.7 Å². The molecule has 1 amide bonds. The van der Waals surface area contributed by atoms with E-state index in [0.717, 1.165) is 4.68 Å². The lowest BCUT2D eigenvalue weighted by atomic mass is 10.2. The highest BCUT2D eigenvalue weighted by Crippen LogP contribution is 2.05. The molecule has 1 aromatic heterocycles. The first-order chi connectivity index (χ1) is 8.97. The van der Waals surface area contributed by atoms with E-state index in [1.54, 1.807) is 13.8 Å². The minimum Gasteiger partial charge on any atom is -0.480 e. The molecule has 0 aliphatic rings. The van der Waals surface area contributed by atoms with Gasteiger partial charge in [-0.05, 0) is 13.8 Å². The van der Waals surface area contributed by atoms with Crippen molar-refractivity contribution in [2.24, 2.45) is 5.92 Å². The van der Waals surface area contributed by atoms with Gasteiger partial charge < -0.3 is 10.0 Å². The fraction of sp³-hybridized carbons (Fsp3) is 0.545. The maximum Gasteiger partial charge on any atom is 0.325 e. The van der Waals surface area contributed by atoms with Gasteiger partial charge in [-0.1, -0.05) is 5.21 Å². The summed E-state index contributed by atoms with van der Waals surface area (Å²) in [5.74, 6) is -1.70. The number of aliphatic carboxylic acids is 1. The third-order valence-corrected chi connectivity index (χ3v) is 2.44. The van der Waals surface area contributed by atoms with Crippen LogP contribution >= 0.6 is 0 Å². The van der Waals surface area contributed by atoms with E-state index in [2.05, 4.69) is 16.4 Å². The van der Waals surface area contributed by atoms with Crippen molar-refractivity contribution in [1.29, 1.82) is 5.26 Å². The van der Waals surface area contributed by atoms with Crippen molar-refractivity contribution in [3.8, 4) is 6.07 Å². The molecule has 0 aliphatic carbocycles. The van der Waals surface area contributed by atoms with E-state index >= 15 is 0 Å². The molecule has 0 spiro atoms. The fourth-order valence-corrected chi connectivity index (χ4v) is 1.50. The van der Waals surface area contributed by atoms with E-state index in [9.17, 15) is 9.59 Å². The third kappa shape index (κ3) is 4.06. The Balaban J connectivity index is 2.77. The summed E-state index contributed by atoms with van der Waals surface area (Å²) in [7, 11) is 0. The zero-order valence-corrected chi connectivity index (χ0v) is 10.8. The van der Waals surface area contributed by atoms with E-state index in [0.29, 0.717) is 13.1 Å². The lowest BCUT2D eigenvalue weighted by molar-refractivity contribution is -0.137. The van der Waals surface area contributed by atoms with Crippen LogP contribution in [0.2, 0.25) is 0 Å². The van der Waals surface area contributed by atoms with Crippen LogP contribution in [0.25, 0.3) is 0 Å². The first kappa shape index (κ1) is 14.6. The second kappa shape index (κ2) is 6.49. The molecule has 8 heteroatoms. The van der Waals surface area contributed by atoms with Crippen LogP contribution in [0.5, 0.6) is 0 Å². The molecule has 0 fully saturated rings. The van der Waals surface area contributed by atoms with Gasteiger partial charge in [0.05, 0.1) is 18.2 Å². The average Bonchev–Trinajstić information content (AvgIpc) is 2.82. The van der Waals surface area contributed by atoms with Gasteiger partial charge in [0, 0.05) is 13.1 Å². The van der Waals surface area contributed by atoms with Gasteiger partial charge in [-0.25, -0.2) is 4.68 Å². The normalized spacial score (nSPS) is 11.6. The Bertz CT molecular complexity index is 505. The number of aromatic nitrogens is 3. The molecule has 0 aromatic carbocycles. The van der Waals surface area contributed by atoms with Crippen molar-refractivity contribution in [2.45, 2.75) is 20.4 Å². The number of nitrogens with zero attached hydrogens (tertiary/aromatic N) is 5. The molecule has 1 aromatic rings. The Morgan fingerprint density at radius 3 is 2.84 bits per heavy atom. The first-order valence-electron chi connectivity index (χ1n) is 5.78. The summed E-state index contributed by atoms with van der Waals surface area (Å²) in [6, 6.07) is 2.05. The third-order valence-electron chi connectivity index (χ3n) is 2.44. The number of amides is 1. The summed E-state index contributed by atoms with van der Waals surface area (Å²) in [5, 5.41) is 24.6. The molecule has 19 heavy (non-hydrogen) atoms. The summed E-state index contributed by atoms with van der Waals surface area (Å²) in [4.78, 5) is 24.1. The number of carbonyl (C=O) groups is 2. The highest BCUT2D eigenvalue weighted by molar-refractivity contribution is 5.92. The standard InChI is InChI=1S/C11H15N5O3/c1-3-15(5-8(2)4-12)11(19)9-6-16(14-13-9)7-10(17)18/h6,8H,3,5,7H2,1-2H3,(H,17,18). The minimum atomic E-state index is -1.06. The smallest absolute Gasteiger partial charge is 0.325 e. The zero-order chi connectivity index (χ0) is 14.4. The Labute approximate surface area is 110 Å². The van der Waals surface area contributed by atoms with Gasteiger partial charge >= 0.3 is 5.97 Å². The number of nitriles is 1. The van der Waals surface area contributed by atoms with Crippen molar-refractivity contribution in [3.63, 3.8) is 0 Å². The average molecular weight is 265 g/mol.